The number of nitrogens with two attached hydrogens (primary N) is 2. The van der Waals surface area contributed by atoms with Crippen molar-refractivity contribution in [3.63, 3.8) is 0 Å². The van der Waals surface area contributed by atoms with E-state index in [0.717, 1.165) is 12.1 Å². The molecule has 158 valence electrons. The fourth-order valence-electron chi connectivity index (χ4n) is 3.12. The van der Waals surface area contributed by atoms with Gasteiger partial charge in [-0.1, -0.05) is 42.1 Å². The number of hydrogen-bond acceptors (Lipinski definition) is 6. The molecule has 0 unspecified atom stereocenters. The fourth-order valence-corrected chi connectivity index (χ4v) is 4.21. The van der Waals surface area contributed by atoms with Crippen molar-refractivity contribution in [3.8, 4) is 0 Å². The molecule has 0 spiro atoms. The van der Waals surface area contributed by atoms with E-state index in [1.165, 1.54) is 38.0 Å². The van der Waals surface area contributed by atoms with Crippen LogP contribution in [0.25, 0.3) is 0 Å². The summed E-state index contributed by atoms with van der Waals surface area (Å²) in [5.41, 5.74) is 13.5. The van der Waals surface area contributed by atoms with Gasteiger partial charge in [0.1, 0.15) is 11.4 Å². The van der Waals surface area contributed by atoms with E-state index in [2.05, 4.69) is 78.9 Å². The number of quaternary nitrogens is 1. The van der Waals surface area contributed by atoms with Crippen molar-refractivity contribution in [1.82, 2.24) is 0 Å². The maximum absolute atomic E-state index is 8.63. The Bertz CT molecular complexity index is 1140. The van der Waals surface area contributed by atoms with Crippen molar-refractivity contribution < 1.29 is 22.8 Å². The summed E-state index contributed by atoms with van der Waals surface area (Å²) in [6.07, 6.45) is 0.866. The van der Waals surface area contributed by atoms with Crippen molar-refractivity contribution in [2.75, 3.05) is 24.7 Å². The molecule has 0 atom stereocenters. The topological polar surface area (TPSA) is 123 Å². The second-order valence-corrected chi connectivity index (χ2v) is 8.98. The highest BCUT2D eigenvalue weighted by Gasteiger charge is 2.22. The molecule has 7 nitrogen and oxygen atoms in total. The van der Waals surface area contributed by atoms with Gasteiger partial charge in [-0.3, -0.25) is 9.87 Å². The molecule has 0 amide bonds. The average Bonchev–Trinajstić information content (AvgIpc) is 2.66. The van der Waals surface area contributed by atoms with Crippen LogP contribution in [0.1, 0.15) is 11.1 Å². The van der Waals surface area contributed by atoms with Crippen LogP contribution in [0.4, 0.5) is 22.7 Å². The van der Waals surface area contributed by atoms with Gasteiger partial charge in [0.2, 0.25) is 10.4 Å². The highest BCUT2D eigenvalue weighted by molar-refractivity contribution is 7.99. The Morgan fingerprint density at radius 1 is 1.03 bits per heavy atom. The summed E-state index contributed by atoms with van der Waals surface area (Å²) >= 11 is 1.81. The van der Waals surface area contributed by atoms with Crippen LogP contribution in [0.2, 0.25) is 0 Å². The molecule has 0 bridgehead atoms. The first-order valence-electron chi connectivity index (χ1n) is 9.09. The lowest BCUT2D eigenvalue weighted by Gasteiger charge is -2.20. The Balaban J connectivity index is 0.000000461. The quantitative estimate of drug-likeness (QED) is 0.252. The summed E-state index contributed by atoms with van der Waals surface area (Å²) in [4.78, 5) is 4.65. The van der Waals surface area contributed by atoms with Gasteiger partial charge in [-0.2, -0.15) is 0 Å². The lowest BCUT2D eigenvalue weighted by atomic mass is 10.0. The van der Waals surface area contributed by atoms with Gasteiger partial charge >= 0.3 is 0 Å². The van der Waals surface area contributed by atoms with E-state index in [0.29, 0.717) is 0 Å². The highest BCUT2D eigenvalue weighted by Crippen LogP contribution is 2.42. The minimum atomic E-state index is -4.92. The van der Waals surface area contributed by atoms with Crippen LogP contribution in [0.3, 0.4) is 0 Å². The minimum absolute atomic E-state index is 0.866. The van der Waals surface area contributed by atoms with E-state index in [1.54, 1.807) is 11.8 Å². The number of hydrogen-bond donors (Lipinski definition) is 3. The first kappa shape index (κ1) is 22.1. The van der Waals surface area contributed by atoms with Crippen molar-refractivity contribution in [2.45, 2.75) is 16.2 Å². The Morgan fingerprint density at radius 2 is 1.67 bits per heavy atom. The molecule has 0 saturated carbocycles. The van der Waals surface area contributed by atoms with Gasteiger partial charge in [0.25, 0.3) is 0 Å². The third kappa shape index (κ3) is 5.97. The van der Waals surface area contributed by atoms with Crippen LogP contribution in [-0.4, -0.2) is 31.6 Å². The molecule has 1 heterocycles. The molecular weight excluding hydrogens is 422 g/mol. The zero-order valence-corrected chi connectivity index (χ0v) is 18.2. The molecule has 3 aromatic rings. The Labute approximate surface area is 180 Å². The second-order valence-electron chi connectivity index (χ2n) is 7.04. The van der Waals surface area contributed by atoms with Gasteiger partial charge in [-0.15, -0.1) is 0 Å². The van der Waals surface area contributed by atoms with Crippen LogP contribution < -0.4 is 16.0 Å². The van der Waals surface area contributed by atoms with E-state index in [4.69, 9.17) is 23.3 Å². The number of nitrogen functional groups attached to an aromatic ring is 1. The molecule has 30 heavy (non-hydrogen) atoms. The zero-order chi connectivity index (χ0) is 21.9. The summed E-state index contributed by atoms with van der Waals surface area (Å²) in [5, 5.41) is 2.27. The Hall–Kier alpha value is -2.56. The molecule has 9 heteroatoms. The second kappa shape index (κ2) is 9.07. The molecule has 0 saturated heterocycles. The van der Waals surface area contributed by atoms with Crippen LogP contribution >= 0.6 is 11.8 Å². The fraction of sp³-hybridized carbons (Fsp3) is 0.143. The number of fused-ring (bicyclic) bond motifs is 2. The van der Waals surface area contributed by atoms with Gasteiger partial charge in [0.15, 0.2) is 0 Å². The van der Waals surface area contributed by atoms with E-state index in [9.17, 15) is 0 Å². The summed E-state index contributed by atoms with van der Waals surface area (Å²) in [5.74, 6) is 0. The molecule has 4 rings (SSSR count). The summed E-state index contributed by atoms with van der Waals surface area (Å²) in [6.45, 7) is 0. The predicted molar refractivity (Wildman–Crippen MR) is 119 cm³/mol. The Kier molecular flexibility index (Phi) is 6.69. The van der Waals surface area contributed by atoms with Gasteiger partial charge in [-0.05, 0) is 35.7 Å². The molecule has 1 aliphatic rings. The van der Waals surface area contributed by atoms with Gasteiger partial charge in [0, 0.05) is 37.6 Å². The van der Waals surface area contributed by atoms with Crippen molar-refractivity contribution in [1.29, 1.82) is 0 Å². The predicted octanol–water partition coefficient (Wildman–Crippen LogP) is 2.92. The average molecular weight is 446 g/mol. The molecule has 1 aliphatic heterocycles. The maximum Gasteiger partial charge on any atom is 0.215 e. The van der Waals surface area contributed by atoms with E-state index >= 15 is 0 Å². The van der Waals surface area contributed by atoms with Crippen molar-refractivity contribution in [3.05, 3.63) is 71.8 Å². The maximum atomic E-state index is 8.63. The lowest BCUT2D eigenvalue weighted by molar-refractivity contribution is -0.485. The first-order valence-corrected chi connectivity index (χ1v) is 11.3. The van der Waals surface area contributed by atoms with Crippen LogP contribution in [0, 0.1) is 0 Å². The van der Waals surface area contributed by atoms with Crippen molar-refractivity contribution >= 4 is 44.9 Å². The largest absolute Gasteiger partial charge is 0.726 e. The van der Waals surface area contributed by atoms with Crippen molar-refractivity contribution in [2.24, 2.45) is 0 Å². The van der Waals surface area contributed by atoms with E-state index < -0.39 is 10.4 Å². The molecule has 5 N–H and O–H groups in total. The van der Waals surface area contributed by atoms with Gasteiger partial charge in [0.05, 0.1) is 9.79 Å². The summed E-state index contributed by atoms with van der Waals surface area (Å²) < 4.78 is 32.8. The highest BCUT2D eigenvalue weighted by atomic mass is 32.3. The van der Waals surface area contributed by atoms with Crippen LogP contribution in [0.5, 0.6) is 0 Å². The molecule has 0 fully saturated rings. The number of anilines is 2. The molecule has 0 aromatic heterocycles. The standard InChI is InChI=1S/C21H21N3S.H2O4S/c1-24(2)16-8-9-18-20(12-16)25-21-13-17(22)15(11-19(21)23-18)10-14-6-4-3-5-7-14;1-5(2,3)4/h3-9,11-13,23H,10,22H2,1-2H3;(H2,1,2,3,4). The number of nitrogens with zero attached hydrogens (tertiary/aromatic N) is 1. The molecule has 3 aromatic carbocycles. The smallest absolute Gasteiger partial charge is 0.215 e. The third-order valence-electron chi connectivity index (χ3n) is 4.55. The minimum Gasteiger partial charge on any atom is -0.726 e. The molecular formula is C21H23N3O4S2. The number of rotatable bonds is 3. The van der Waals surface area contributed by atoms with Crippen LogP contribution in [-0.2, 0) is 16.8 Å². The monoisotopic (exact) mass is 445 g/mol. The normalized spacial score (nSPS) is 12.3. The van der Waals surface area contributed by atoms with Gasteiger partial charge < -0.3 is 15.2 Å². The summed E-state index contributed by atoms with van der Waals surface area (Å²) in [7, 11) is -0.776. The lowest BCUT2D eigenvalue weighted by Crippen LogP contribution is -2.72. The van der Waals surface area contributed by atoms with Gasteiger partial charge in [-0.25, -0.2) is 8.42 Å². The SMILES string of the molecule is CN(C)c1ccc2c(c1)Sc1cc(N)c(Cc3ccccc3)cc1[NH2+]2.O=S(=O)([O-])O. The van der Waals surface area contributed by atoms with E-state index in [-0.39, 0.29) is 0 Å². The molecule has 0 aliphatic carbocycles. The first-order chi connectivity index (χ1) is 14.1. The Morgan fingerprint density at radius 3 is 2.30 bits per heavy atom. The van der Waals surface area contributed by atoms with E-state index in [1.807, 2.05) is 6.07 Å². The zero-order valence-electron chi connectivity index (χ0n) is 16.6. The molecule has 0 radical (unpaired) electrons. The third-order valence-corrected chi connectivity index (χ3v) is 5.70. The number of benzene rings is 3. The summed E-state index contributed by atoms with van der Waals surface area (Å²) in [6, 6.07) is 21.5. The van der Waals surface area contributed by atoms with Crippen LogP contribution in [0.15, 0.2) is 70.5 Å².